The molecular formula is C9H9NO3. The Morgan fingerprint density at radius 2 is 2.46 bits per heavy atom. The van der Waals surface area contributed by atoms with Gasteiger partial charge in [-0.3, -0.25) is 9.59 Å². The predicted molar refractivity (Wildman–Crippen MR) is 44.7 cm³/mol. The van der Waals surface area contributed by atoms with Gasteiger partial charge < -0.3 is 10.1 Å². The molecule has 1 fully saturated rings. The molecule has 1 heterocycles. The summed E-state index contributed by atoms with van der Waals surface area (Å²) in [6.45, 7) is 0.0501. The number of morpholine rings is 1. The lowest BCUT2D eigenvalue weighted by atomic mass is 10.0. The van der Waals surface area contributed by atoms with Crippen molar-refractivity contribution in [3.63, 3.8) is 0 Å². The molecule has 4 heteroatoms. The summed E-state index contributed by atoms with van der Waals surface area (Å²) in [6.07, 6.45) is 4.87. The normalized spacial score (nSPS) is 26.2. The fraction of sp³-hybridized carbons (Fsp3) is 0.333. The first-order chi connectivity index (χ1) is 6.29. The zero-order valence-electron chi connectivity index (χ0n) is 6.95. The van der Waals surface area contributed by atoms with Crippen LogP contribution in [0.15, 0.2) is 23.5 Å². The summed E-state index contributed by atoms with van der Waals surface area (Å²) in [5.74, 6) is 0.578. The van der Waals surface area contributed by atoms with Gasteiger partial charge in [-0.05, 0) is 12.5 Å². The van der Waals surface area contributed by atoms with E-state index < -0.39 is 0 Å². The summed E-state index contributed by atoms with van der Waals surface area (Å²) in [6, 6.07) is -0.0788. The van der Waals surface area contributed by atoms with E-state index in [-0.39, 0.29) is 18.6 Å². The highest BCUT2D eigenvalue weighted by Gasteiger charge is 2.26. The second-order valence-corrected chi connectivity index (χ2v) is 3.01. The van der Waals surface area contributed by atoms with Crippen LogP contribution < -0.4 is 5.32 Å². The van der Waals surface area contributed by atoms with Crippen LogP contribution in [0.5, 0.6) is 0 Å². The van der Waals surface area contributed by atoms with Crippen molar-refractivity contribution < 1.29 is 14.3 Å². The van der Waals surface area contributed by atoms with Crippen LogP contribution in [0.2, 0.25) is 0 Å². The molecule has 1 aliphatic carbocycles. The van der Waals surface area contributed by atoms with Crippen molar-refractivity contribution in [2.24, 2.45) is 0 Å². The Balaban J connectivity index is 2.18. The molecule has 0 bridgehead atoms. The van der Waals surface area contributed by atoms with Gasteiger partial charge in [0.2, 0.25) is 0 Å². The fourth-order valence-corrected chi connectivity index (χ4v) is 1.43. The van der Waals surface area contributed by atoms with E-state index in [1.54, 1.807) is 12.2 Å². The smallest absolute Gasteiger partial charge is 0.258 e. The number of aldehydes is 1. The number of fused-ring (bicyclic) bond motifs is 1. The van der Waals surface area contributed by atoms with Gasteiger partial charge in [0.25, 0.3) is 5.91 Å². The van der Waals surface area contributed by atoms with Gasteiger partial charge in [-0.25, -0.2) is 0 Å². The van der Waals surface area contributed by atoms with Crippen molar-refractivity contribution in [3.05, 3.63) is 23.5 Å². The van der Waals surface area contributed by atoms with E-state index in [9.17, 15) is 9.59 Å². The average Bonchev–Trinajstić information content (AvgIpc) is 2.17. The molecule has 68 valence electrons. The molecule has 13 heavy (non-hydrogen) atoms. The van der Waals surface area contributed by atoms with Gasteiger partial charge in [-0.15, -0.1) is 0 Å². The van der Waals surface area contributed by atoms with E-state index >= 15 is 0 Å². The van der Waals surface area contributed by atoms with Gasteiger partial charge in [0.1, 0.15) is 12.0 Å². The maximum atomic E-state index is 10.9. The number of nitrogens with one attached hydrogen (secondary N) is 1. The molecule has 1 unspecified atom stereocenters. The molecule has 0 aromatic carbocycles. The molecule has 2 rings (SSSR count). The van der Waals surface area contributed by atoms with Crippen LogP contribution in [0.3, 0.4) is 0 Å². The van der Waals surface area contributed by atoms with Gasteiger partial charge in [-0.1, -0.05) is 6.08 Å². The first-order valence-electron chi connectivity index (χ1n) is 4.08. The van der Waals surface area contributed by atoms with Crippen LogP contribution in [0.4, 0.5) is 0 Å². The largest absolute Gasteiger partial charge is 0.486 e. The molecule has 0 saturated carbocycles. The molecule has 2 aliphatic rings. The zero-order valence-corrected chi connectivity index (χ0v) is 6.95. The molecular weight excluding hydrogens is 170 g/mol. The van der Waals surface area contributed by atoms with Crippen LogP contribution >= 0.6 is 0 Å². The first kappa shape index (κ1) is 8.04. The van der Waals surface area contributed by atoms with Gasteiger partial charge in [0, 0.05) is 5.57 Å². The summed E-state index contributed by atoms with van der Waals surface area (Å²) < 4.78 is 5.18. The van der Waals surface area contributed by atoms with Crippen LogP contribution in [0, 0.1) is 0 Å². The van der Waals surface area contributed by atoms with Gasteiger partial charge in [0.15, 0.2) is 6.61 Å². The minimum atomic E-state index is -0.106. The lowest BCUT2D eigenvalue weighted by Crippen LogP contribution is -2.44. The third kappa shape index (κ3) is 1.47. The molecule has 0 aromatic heterocycles. The molecule has 4 nitrogen and oxygen atoms in total. The number of allylic oxidation sites excluding steroid dienone is 2. The van der Waals surface area contributed by atoms with Crippen molar-refractivity contribution >= 4 is 12.2 Å². The van der Waals surface area contributed by atoms with Gasteiger partial charge >= 0.3 is 0 Å². The molecule has 0 radical (unpaired) electrons. The van der Waals surface area contributed by atoms with Crippen molar-refractivity contribution in [1.29, 1.82) is 0 Å². The van der Waals surface area contributed by atoms with E-state index in [2.05, 4.69) is 5.32 Å². The van der Waals surface area contributed by atoms with Crippen molar-refractivity contribution in [1.82, 2.24) is 5.32 Å². The molecule has 0 aromatic rings. The summed E-state index contributed by atoms with van der Waals surface area (Å²) in [7, 11) is 0. The Hall–Kier alpha value is -1.58. The summed E-state index contributed by atoms with van der Waals surface area (Å²) in [4.78, 5) is 21.4. The standard InChI is InChI=1S/C9H9NO3/c11-4-6-1-2-7-8(3-6)13-5-9(12)10-7/h1,3-4,7H,2,5H2,(H,10,12). The Kier molecular flexibility index (Phi) is 1.88. The highest BCUT2D eigenvalue weighted by atomic mass is 16.5. The van der Waals surface area contributed by atoms with E-state index in [4.69, 9.17) is 4.74 Å². The molecule has 1 N–H and O–H groups in total. The minimum Gasteiger partial charge on any atom is -0.486 e. The number of amides is 1. The van der Waals surface area contributed by atoms with E-state index in [0.717, 1.165) is 6.29 Å². The number of ether oxygens (including phenoxy) is 1. The SMILES string of the molecule is O=CC1=CCC2NC(=O)COC2=C1. The van der Waals surface area contributed by atoms with E-state index in [1.807, 2.05) is 0 Å². The Morgan fingerprint density at radius 3 is 3.23 bits per heavy atom. The van der Waals surface area contributed by atoms with E-state index in [0.29, 0.717) is 17.8 Å². The predicted octanol–water partition coefficient (Wildman–Crippen LogP) is -0.0857. The second-order valence-electron chi connectivity index (χ2n) is 3.01. The monoisotopic (exact) mass is 179 g/mol. The van der Waals surface area contributed by atoms with Crippen molar-refractivity contribution in [3.8, 4) is 0 Å². The van der Waals surface area contributed by atoms with Gasteiger partial charge in [-0.2, -0.15) is 0 Å². The topological polar surface area (TPSA) is 55.4 Å². The third-order valence-electron chi connectivity index (χ3n) is 2.08. The van der Waals surface area contributed by atoms with Crippen LogP contribution in [0.1, 0.15) is 6.42 Å². The molecule has 1 atom stereocenters. The number of rotatable bonds is 1. The van der Waals surface area contributed by atoms with Crippen LogP contribution in [0.25, 0.3) is 0 Å². The Morgan fingerprint density at radius 1 is 1.62 bits per heavy atom. The molecule has 0 spiro atoms. The first-order valence-corrected chi connectivity index (χ1v) is 4.08. The summed E-state index contributed by atoms with van der Waals surface area (Å²) in [5, 5.41) is 2.77. The van der Waals surface area contributed by atoms with Crippen LogP contribution in [-0.4, -0.2) is 24.8 Å². The van der Waals surface area contributed by atoms with Crippen LogP contribution in [-0.2, 0) is 14.3 Å². The highest BCUT2D eigenvalue weighted by molar-refractivity contribution is 5.81. The third-order valence-corrected chi connectivity index (χ3v) is 2.08. The summed E-state index contributed by atoms with van der Waals surface area (Å²) >= 11 is 0. The maximum absolute atomic E-state index is 10.9. The number of carbonyl (C=O) groups excluding carboxylic acids is 2. The van der Waals surface area contributed by atoms with Gasteiger partial charge in [0.05, 0.1) is 6.04 Å². The second kappa shape index (κ2) is 3.05. The molecule has 1 aliphatic heterocycles. The number of carbonyl (C=O) groups is 2. The quantitative estimate of drug-likeness (QED) is 0.572. The lowest BCUT2D eigenvalue weighted by Gasteiger charge is -2.28. The summed E-state index contributed by atoms with van der Waals surface area (Å²) in [5.41, 5.74) is 0.613. The zero-order chi connectivity index (χ0) is 9.26. The minimum absolute atomic E-state index is 0.0501. The van der Waals surface area contributed by atoms with Crippen molar-refractivity contribution in [2.75, 3.05) is 6.61 Å². The fourth-order valence-electron chi connectivity index (χ4n) is 1.43. The molecule has 1 amide bonds. The number of hydrogen-bond acceptors (Lipinski definition) is 3. The van der Waals surface area contributed by atoms with E-state index in [1.165, 1.54) is 0 Å². The van der Waals surface area contributed by atoms with Crippen molar-refractivity contribution in [2.45, 2.75) is 12.5 Å². The lowest BCUT2D eigenvalue weighted by molar-refractivity contribution is -0.128. The molecule has 1 saturated heterocycles. The Bertz CT molecular complexity index is 317. The number of hydrogen-bond donors (Lipinski definition) is 1. The Labute approximate surface area is 75.3 Å². The average molecular weight is 179 g/mol. The maximum Gasteiger partial charge on any atom is 0.258 e. The highest BCUT2D eigenvalue weighted by Crippen LogP contribution is 2.20.